The summed E-state index contributed by atoms with van der Waals surface area (Å²) in [5.74, 6) is 0.272. The second-order valence-electron chi connectivity index (χ2n) is 7.63. The standard InChI is InChI=1S/C20H31N3O2/c1-15-5-7-17(8-6-15)18(22-10-3-4-11-22)13-21-20(25)23-12-9-16(2)19(24)14-23/h5-8,16,18-19,24H,3-4,9-14H2,1-2H3,(H,21,25). The Morgan fingerprint density at radius 1 is 1.24 bits per heavy atom. The third kappa shape index (κ3) is 4.53. The fourth-order valence-electron chi connectivity index (χ4n) is 3.83. The van der Waals surface area contributed by atoms with E-state index < -0.39 is 6.10 Å². The number of nitrogens with one attached hydrogen (secondary N) is 1. The van der Waals surface area contributed by atoms with Crippen LogP contribution < -0.4 is 5.32 Å². The lowest BCUT2D eigenvalue weighted by atomic mass is 9.96. The number of carbonyl (C=O) groups is 1. The Morgan fingerprint density at radius 2 is 1.92 bits per heavy atom. The van der Waals surface area contributed by atoms with Crippen molar-refractivity contribution in [3.63, 3.8) is 0 Å². The van der Waals surface area contributed by atoms with Crippen molar-refractivity contribution in [2.75, 3.05) is 32.7 Å². The molecule has 5 heteroatoms. The molecule has 3 rings (SSSR count). The summed E-state index contributed by atoms with van der Waals surface area (Å²) >= 11 is 0. The maximum absolute atomic E-state index is 12.5. The summed E-state index contributed by atoms with van der Waals surface area (Å²) in [6.45, 7) is 8.10. The number of aliphatic hydroxyl groups is 1. The van der Waals surface area contributed by atoms with Crippen LogP contribution in [0.15, 0.2) is 24.3 Å². The van der Waals surface area contributed by atoms with Gasteiger partial charge in [-0.3, -0.25) is 4.90 Å². The first-order valence-electron chi connectivity index (χ1n) is 9.56. The normalized spacial score (nSPS) is 25.8. The quantitative estimate of drug-likeness (QED) is 0.882. The molecule has 2 fully saturated rings. The maximum Gasteiger partial charge on any atom is 0.317 e. The molecule has 0 aliphatic carbocycles. The molecule has 138 valence electrons. The van der Waals surface area contributed by atoms with Gasteiger partial charge in [-0.15, -0.1) is 0 Å². The number of hydrogen-bond acceptors (Lipinski definition) is 3. The van der Waals surface area contributed by atoms with Gasteiger partial charge in [0.2, 0.25) is 0 Å². The molecule has 3 unspecified atom stereocenters. The first-order chi connectivity index (χ1) is 12.0. The zero-order valence-electron chi connectivity index (χ0n) is 15.4. The highest BCUT2D eigenvalue weighted by Gasteiger charge is 2.29. The molecular weight excluding hydrogens is 314 g/mol. The summed E-state index contributed by atoms with van der Waals surface area (Å²) in [7, 11) is 0. The molecule has 1 aromatic rings. The number of piperidine rings is 1. The van der Waals surface area contributed by atoms with Gasteiger partial charge in [0.05, 0.1) is 12.1 Å². The number of amides is 2. The van der Waals surface area contributed by atoms with Gasteiger partial charge in [-0.1, -0.05) is 36.8 Å². The maximum atomic E-state index is 12.5. The monoisotopic (exact) mass is 345 g/mol. The number of likely N-dealkylation sites (tertiary alicyclic amines) is 2. The van der Waals surface area contributed by atoms with Gasteiger partial charge in [-0.05, 0) is 50.8 Å². The third-order valence-electron chi connectivity index (χ3n) is 5.70. The Hall–Kier alpha value is -1.59. The molecule has 2 saturated heterocycles. The molecule has 2 amide bonds. The van der Waals surface area contributed by atoms with Crippen molar-refractivity contribution in [3.05, 3.63) is 35.4 Å². The fraction of sp³-hybridized carbons (Fsp3) is 0.650. The molecular formula is C20H31N3O2. The topological polar surface area (TPSA) is 55.8 Å². The summed E-state index contributed by atoms with van der Waals surface area (Å²) in [5.41, 5.74) is 2.52. The largest absolute Gasteiger partial charge is 0.391 e. The van der Waals surface area contributed by atoms with Gasteiger partial charge in [0.15, 0.2) is 0 Å². The number of carbonyl (C=O) groups excluding carboxylic acids is 1. The van der Waals surface area contributed by atoms with Crippen LogP contribution in [-0.2, 0) is 0 Å². The Labute approximate surface area is 151 Å². The molecule has 1 aromatic carbocycles. The van der Waals surface area contributed by atoms with Gasteiger partial charge in [-0.25, -0.2) is 4.79 Å². The van der Waals surface area contributed by atoms with Crippen LogP contribution in [0.25, 0.3) is 0 Å². The van der Waals surface area contributed by atoms with Crippen LogP contribution in [0, 0.1) is 12.8 Å². The first-order valence-corrected chi connectivity index (χ1v) is 9.56. The molecule has 25 heavy (non-hydrogen) atoms. The SMILES string of the molecule is Cc1ccc(C(CNC(=O)N2CCC(C)C(O)C2)N2CCCC2)cc1. The van der Waals surface area contributed by atoms with Crippen LogP contribution in [0.4, 0.5) is 4.79 Å². The van der Waals surface area contributed by atoms with Crippen molar-refractivity contribution in [2.45, 2.75) is 45.3 Å². The van der Waals surface area contributed by atoms with Crippen molar-refractivity contribution >= 4 is 6.03 Å². The van der Waals surface area contributed by atoms with E-state index in [1.165, 1.54) is 24.0 Å². The van der Waals surface area contributed by atoms with Crippen molar-refractivity contribution in [2.24, 2.45) is 5.92 Å². The van der Waals surface area contributed by atoms with E-state index in [0.717, 1.165) is 26.1 Å². The van der Waals surface area contributed by atoms with E-state index in [1.807, 2.05) is 6.92 Å². The van der Waals surface area contributed by atoms with Gasteiger partial charge in [0.25, 0.3) is 0 Å². The molecule has 5 nitrogen and oxygen atoms in total. The molecule has 2 N–H and O–H groups in total. The predicted molar refractivity (Wildman–Crippen MR) is 99.5 cm³/mol. The van der Waals surface area contributed by atoms with E-state index in [1.54, 1.807) is 4.90 Å². The first kappa shape index (κ1) is 18.2. The Kier molecular flexibility index (Phi) is 5.97. The number of benzene rings is 1. The number of aryl methyl sites for hydroxylation is 1. The molecule has 2 aliphatic rings. The van der Waals surface area contributed by atoms with Crippen LogP contribution in [0.1, 0.15) is 43.4 Å². The zero-order valence-corrected chi connectivity index (χ0v) is 15.4. The Balaban J connectivity index is 1.62. The smallest absolute Gasteiger partial charge is 0.317 e. The minimum atomic E-state index is -0.411. The summed E-state index contributed by atoms with van der Waals surface area (Å²) in [6, 6.07) is 8.81. The average Bonchev–Trinajstić information content (AvgIpc) is 3.13. The second kappa shape index (κ2) is 8.19. The van der Waals surface area contributed by atoms with E-state index in [9.17, 15) is 9.90 Å². The molecule has 3 atom stereocenters. The van der Waals surface area contributed by atoms with Crippen molar-refractivity contribution in [1.29, 1.82) is 0 Å². The highest BCUT2D eigenvalue weighted by atomic mass is 16.3. The molecule has 0 spiro atoms. The number of β-amino-alcohol motifs (C(OH)–C–C–N with tert-alkyl or cyclic N) is 1. The molecule has 2 heterocycles. The van der Waals surface area contributed by atoms with Crippen LogP contribution in [-0.4, -0.2) is 59.8 Å². The van der Waals surface area contributed by atoms with Crippen molar-refractivity contribution in [1.82, 2.24) is 15.1 Å². The third-order valence-corrected chi connectivity index (χ3v) is 5.70. The summed E-state index contributed by atoms with van der Waals surface area (Å²) in [4.78, 5) is 16.8. The van der Waals surface area contributed by atoms with Crippen molar-refractivity contribution in [3.8, 4) is 0 Å². The van der Waals surface area contributed by atoms with Crippen LogP contribution >= 0.6 is 0 Å². The molecule has 0 aromatic heterocycles. The second-order valence-corrected chi connectivity index (χ2v) is 7.63. The van der Waals surface area contributed by atoms with Crippen LogP contribution in [0.5, 0.6) is 0 Å². The number of urea groups is 1. The molecule has 0 saturated carbocycles. The Morgan fingerprint density at radius 3 is 2.56 bits per heavy atom. The Bertz CT molecular complexity index is 569. The van der Waals surface area contributed by atoms with E-state index in [0.29, 0.717) is 13.1 Å². The minimum Gasteiger partial charge on any atom is -0.391 e. The highest BCUT2D eigenvalue weighted by Crippen LogP contribution is 2.25. The highest BCUT2D eigenvalue weighted by molar-refractivity contribution is 5.74. The number of aliphatic hydroxyl groups excluding tert-OH is 1. The van der Waals surface area contributed by atoms with Crippen molar-refractivity contribution < 1.29 is 9.90 Å². The van der Waals surface area contributed by atoms with Gasteiger partial charge in [-0.2, -0.15) is 0 Å². The predicted octanol–water partition coefficient (Wildman–Crippen LogP) is 2.54. The van der Waals surface area contributed by atoms with Gasteiger partial charge >= 0.3 is 6.03 Å². The van der Waals surface area contributed by atoms with Gasteiger partial charge in [0.1, 0.15) is 0 Å². The fourth-order valence-corrected chi connectivity index (χ4v) is 3.83. The molecule has 2 aliphatic heterocycles. The molecule has 0 radical (unpaired) electrons. The number of rotatable bonds is 4. The van der Waals surface area contributed by atoms with E-state index >= 15 is 0 Å². The van der Waals surface area contributed by atoms with Crippen LogP contribution in [0.2, 0.25) is 0 Å². The number of nitrogens with zero attached hydrogens (tertiary/aromatic N) is 2. The lowest BCUT2D eigenvalue weighted by Gasteiger charge is -2.35. The lowest BCUT2D eigenvalue weighted by molar-refractivity contribution is 0.0432. The van der Waals surface area contributed by atoms with E-state index in [-0.39, 0.29) is 18.0 Å². The minimum absolute atomic E-state index is 0.0535. The lowest BCUT2D eigenvalue weighted by Crippen LogP contribution is -2.51. The number of hydrogen-bond donors (Lipinski definition) is 2. The van der Waals surface area contributed by atoms with Gasteiger partial charge in [0, 0.05) is 19.6 Å². The molecule has 0 bridgehead atoms. The summed E-state index contributed by atoms with van der Waals surface area (Å²) < 4.78 is 0. The average molecular weight is 345 g/mol. The van der Waals surface area contributed by atoms with E-state index in [4.69, 9.17) is 0 Å². The van der Waals surface area contributed by atoms with E-state index in [2.05, 4.69) is 41.4 Å². The zero-order chi connectivity index (χ0) is 17.8. The van der Waals surface area contributed by atoms with Crippen LogP contribution in [0.3, 0.4) is 0 Å². The summed E-state index contributed by atoms with van der Waals surface area (Å²) in [6.07, 6.45) is 2.91. The van der Waals surface area contributed by atoms with Gasteiger partial charge < -0.3 is 15.3 Å². The summed E-state index contributed by atoms with van der Waals surface area (Å²) in [5, 5.41) is 13.1.